The number of carbonyl (C=O) groups is 2. The number of amides is 2. The Hall–Kier alpha value is -3.35. The quantitative estimate of drug-likeness (QED) is 0.0850. The van der Waals surface area contributed by atoms with Crippen LogP contribution < -0.4 is 10.8 Å². The number of hydrogen-bond donors (Lipinski definition) is 4. The van der Waals surface area contributed by atoms with Gasteiger partial charge in [0.05, 0.1) is 18.8 Å². The zero-order chi connectivity index (χ0) is 27.5. The third-order valence-corrected chi connectivity index (χ3v) is 7.19. The Morgan fingerprint density at radius 2 is 1.69 bits per heavy atom. The van der Waals surface area contributed by atoms with Crippen molar-refractivity contribution < 1.29 is 29.4 Å². The molecule has 1 aliphatic heterocycles. The molecule has 1 saturated heterocycles. The van der Waals surface area contributed by atoms with Crippen molar-refractivity contribution in [2.75, 3.05) is 11.1 Å². The zero-order valence-corrected chi connectivity index (χ0v) is 22.2. The standard InChI is InChI=1S/C28H32N4O6S/c33-17-19-9-11-20(12-10-19)24-16-23(18-39-28-29-13-4-14-30-28)37-27(38-24)21-5-3-6-22(15-21)31-25(34)7-1-2-8-26(35)32-36/h3-6,9-15,23-24,27,33,36H,1-2,7-8,16-18H2,(H,31,34)(H,32,35)/t23-,24+,27+/m1/s1. The van der Waals surface area contributed by atoms with Gasteiger partial charge in [-0.2, -0.15) is 0 Å². The van der Waals surface area contributed by atoms with E-state index in [1.807, 2.05) is 42.5 Å². The van der Waals surface area contributed by atoms with Crippen LogP contribution in [0.1, 0.15) is 61.2 Å². The van der Waals surface area contributed by atoms with Crippen LogP contribution in [0.5, 0.6) is 0 Å². The van der Waals surface area contributed by atoms with Crippen LogP contribution in [0.25, 0.3) is 0 Å². The van der Waals surface area contributed by atoms with E-state index in [2.05, 4.69) is 15.3 Å². The maximum atomic E-state index is 12.4. The Morgan fingerprint density at radius 3 is 2.41 bits per heavy atom. The van der Waals surface area contributed by atoms with Crippen LogP contribution in [-0.4, -0.2) is 44.0 Å². The van der Waals surface area contributed by atoms with Gasteiger partial charge < -0.3 is 19.9 Å². The number of rotatable bonds is 12. The molecule has 1 aliphatic rings. The largest absolute Gasteiger partial charge is 0.392 e. The van der Waals surface area contributed by atoms with E-state index in [-0.39, 0.29) is 37.6 Å². The summed E-state index contributed by atoms with van der Waals surface area (Å²) in [5.41, 5.74) is 4.80. The van der Waals surface area contributed by atoms with Crippen molar-refractivity contribution in [3.8, 4) is 0 Å². The zero-order valence-electron chi connectivity index (χ0n) is 21.4. The molecule has 0 radical (unpaired) electrons. The van der Waals surface area contributed by atoms with E-state index in [0.29, 0.717) is 35.9 Å². The molecular weight excluding hydrogens is 520 g/mol. The lowest BCUT2D eigenvalue weighted by atomic mass is 10.0. The van der Waals surface area contributed by atoms with Gasteiger partial charge in [-0.1, -0.05) is 48.2 Å². The Labute approximate surface area is 231 Å². The number of nitrogens with one attached hydrogen (secondary N) is 2. The Balaban J connectivity index is 1.43. The van der Waals surface area contributed by atoms with E-state index in [0.717, 1.165) is 16.7 Å². The topological polar surface area (TPSA) is 143 Å². The second-order valence-electron chi connectivity index (χ2n) is 9.11. The molecule has 39 heavy (non-hydrogen) atoms. The maximum absolute atomic E-state index is 12.4. The lowest BCUT2D eigenvalue weighted by Gasteiger charge is -2.36. The highest BCUT2D eigenvalue weighted by molar-refractivity contribution is 7.99. The van der Waals surface area contributed by atoms with Crippen molar-refractivity contribution in [2.45, 2.75) is 62.4 Å². The van der Waals surface area contributed by atoms with Gasteiger partial charge in [0.25, 0.3) is 0 Å². The number of hydrogen-bond acceptors (Lipinski definition) is 9. The first-order chi connectivity index (χ1) is 19.0. The highest BCUT2D eigenvalue weighted by Crippen LogP contribution is 2.39. The molecule has 0 aliphatic carbocycles. The van der Waals surface area contributed by atoms with Gasteiger partial charge in [0.2, 0.25) is 11.8 Å². The van der Waals surface area contributed by atoms with Crippen molar-refractivity contribution in [3.63, 3.8) is 0 Å². The summed E-state index contributed by atoms with van der Waals surface area (Å²) < 4.78 is 12.7. The van der Waals surface area contributed by atoms with Crippen molar-refractivity contribution in [1.29, 1.82) is 0 Å². The van der Waals surface area contributed by atoms with Crippen molar-refractivity contribution in [2.24, 2.45) is 0 Å². The molecule has 0 spiro atoms. The van der Waals surface area contributed by atoms with Gasteiger partial charge in [-0.15, -0.1) is 0 Å². The highest BCUT2D eigenvalue weighted by Gasteiger charge is 2.32. The number of nitrogens with zero attached hydrogens (tertiary/aromatic N) is 2. The molecule has 0 bridgehead atoms. The fourth-order valence-corrected chi connectivity index (χ4v) is 4.98. The van der Waals surface area contributed by atoms with Gasteiger partial charge in [0.15, 0.2) is 11.4 Å². The van der Waals surface area contributed by atoms with Gasteiger partial charge in [-0.3, -0.25) is 14.8 Å². The van der Waals surface area contributed by atoms with E-state index in [1.54, 1.807) is 30.0 Å². The SMILES string of the molecule is O=C(CCCCC(=O)Nc1cccc([C@H]2O[C@@H](CSc3ncccn3)C[C@@H](c3ccc(CO)cc3)O2)c1)NO. The third kappa shape index (κ3) is 8.84. The Kier molecular flexibility index (Phi) is 10.8. The molecule has 4 N–H and O–H groups in total. The Bertz CT molecular complexity index is 1210. The second-order valence-corrected chi connectivity index (χ2v) is 10.1. The molecule has 2 heterocycles. The van der Waals surface area contributed by atoms with Gasteiger partial charge in [0.1, 0.15) is 0 Å². The average molecular weight is 553 g/mol. The summed E-state index contributed by atoms with van der Waals surface area (Å²) in [7, 11) is 0. The average Bonchev–Trinajstić information content (AvgIpc) is 2.98. The molecule has 10 nitrogen and oxygen atoms in total. The first-order valence-corrected chi connectivity index (χ1v) is 13.8. The summed E-state index contributed by atoms with van der Waals surface area (Å²) in [6.45, 7) is -0.0234. The van der Waals surface area contributed by atoms with E-state index in [1.165, 1.54) is 11.8 Å². The maximum Gasteiger partial charge on any atom is 0.243 e. The lowest BCUT2D eigenvalue weighted by molar-refractivity contribution is -0.245. The molecule has 4 rings (SSSR count). The summed E-state index contributed by atoms with van der Waals surface area (Å²) >= 11 is 1.52. The molecule has 0 unspecified atom stereocenters. The molecule has 1 aromatic heterocycles. The summed E-state index contributed by atoms with van der Waals surface area (Å²) in [6, 6.07) is 16.8. The predicted octanol–water partition coefficient (Wildman–Crippen LogP) is 4.31. The molecular formula is C28H32N4O6S. The smallest absolute Gasteiger partial charge is 0.243 e. The summed E-state index contributed by atoms with van der Waals surface area (Å²) in [6.07, 6.45) is 4.47. The molecule has 2 amide bonds. The van der Waals surface area contributed by atoms with Crippen LogP contribution in [0, 0.1) is 0 Å². The molecule has 3 aromatic rings. The fourth-order valence-electron chi connectivity index (χ4n) is 4.16. The molecule has 11 heteroatoms. The van der Waals surface area contributed by atoms with Crippen LogP contribution in [0.15, 0.2) is 72.1 Å². The summed E-state index contributed by atoms with van der Waals surface area (Å²) in [4.78, 5) is 32.1. The number of aliphatic hydroxyl groups excluding tert-OH is 1. The number of aromatic nitrogens is 2. The van der Waals surface area contributed by atoms with E-state index < -0.39 is 12.2 Å². The highest BCUT2D eigenvalue weighted by atomic mass is 32.2. The lowest BCUT2D eigenvalue weighted by Crippen LogP contribution is -2.31. The van der Waals surface area contributed by atoms with E-state index >= 15 is 0 Å². The van der Waals surface area contributed by atoms with Crippen LogP contribution >= 0.6 is 11.8 Å². The van der Waals surface area contributed by atoms with Crippen LogP contribution in [0.2, 0.25) is 0 Å². The fraction of sp³-hybridized carbons (Fsp3) is 0.357. The third-order valence-electron chi connectivity index (χ3n) is 6.18. The number of benzene rings is 2. The minimum Gasteiger partial charge on any atom is -0.392 e. The van der Waals surface area contributed by atoms with Crippen LogP contribution in [0.3, 0.4) is 0 Å². The second kappa shape index (κ2) is 14.7. The number of hydroxylamine groups is 1. The number of thioether (sulfide) groups is 1. The van der Waals surface area contributed by atoms with Crippen molar-refractivity contribution in [3.05, 3.63) is 83.7 Å². The molecule has 1 fully saturated rings. The minimum atomic E-state index is -0.655. The summed E-state index contributed by atoms with van der Waals surface area (Å²) in [5, 5.41) is 21.5. The van der Waals surface area contributed by atoms with Crippen LogP contribution in [0.4, 0.5) is 5.69 Å². The molecule has 3 atom stereocenters. The molecule has 2 aromatic carbocycles. The number of carbonyl (C=O) groups excluding carboxylic acids is 2. The molecule has 206 valence electrons. The first-order valence-electron chi connectivity index (χ1n) is 12.8. The number of anilines is 1. The number of aliphatic hydroxyl groups is 1. The monoisotopic (exact) mass is 552 g/mol. The normalized spacial score (nSPS) is 18.9. The van der Waals surface area contributed by atoms with Crippen molar-refractivity contribution >= 4 is 29.3 Å². The van der Waals surface area contributed by atoms with E-state index in [4.69, 9.17) is 14.7 Å². The Morgan fingerprint density at radius 1 is 0.949 bits per heavy atom. The van der Waals surface area contributed by atoms with Crippen molar-refractivity contribution in [1.82, 2.24) is 15.4 Å². The molecule has 0 saturated carbocycles. The summed E-state index contributed by atoms with van der Waals surface area (Å²) in [5.74, 6) is 0.00655. The van der Waals surface area contributed by atoms with Gasteiger partial charge >= 0.3 is 0 Å². The number of unbranched alkanes of at least 4 members (excludes halogenated alkanes) is 1. The van der Waals surface area contributed by atoms with Gasteiger partial charge in [0, 0.05) is 48.7 Å². The van der Waals surface area contributed by atoms with E-state index in [9.17, 15) is 14.7 Å². The van der Waals surface area contributed by atoms with Gasteiger partial charge in [-0.05, 0) is 42.2 Å². The number of ether oxygens (including phenoxy) is 2. The predicted molar refractivity (Wildman–Crippen MR) is 145 cm³/mol. The first kappa shape index (κ1) is 28.7. The minimum absolute atomic E-state index is 0.0234. The van der Waals surface area contributed by atoms with Gasteiger partial charge in [-0.25, -0.2) is 15.4 Å². The van der Waals surface area contributed by atoms with Crippen LogP contribution in [-0.2, 0) is 25.7 Å².